The summed E-state index contributed by atoms with van der Waals surface area (Å²) >= 11 is 0. The van der Waals surface area contributed by atoms with E-state index in [2.05, 4.69) is 0 Å². The summed E-state index contributed by atoms with van der Waals surface area (Å²) in [7, 11) is 0. The standard InChI is InChI=1S/C13H16FNO3/c1-8(2)15(7-12(16)17)13(18)10-5-4-9(3)6-11(10)14/h4-6,8H,7H2,1-3H3,(H,16,17). The molecule has 0 aliphatic heterocycles. The van der Waals surface area contributed by atoms with Gasteiger partial charge in [0.1, 0.15) is 12.4 Å². The molecule has 0 saturated heterocycles. The number of benzene rings is 1. The number of carbonyl (C=O) groups is 2. The van der Waals surface area contributed by atoms with Gasteiger partial charge in [0.25, 0.3) is 5.91 Å². The van der Waals surface area contributed by atoms with Gasteiger partial charge in [0, 0.05) is 6.04 Å². The van der Waals surface area contributed by atoms with E-state index >= 15 is 0 Å². The number of carboxylic acid groups (broad SMARTS) is 1. The van der Waals surface area contributed by atoms with Crippen LogP contribution in [0.3, 0.4) is 0 Å². The lowest BCUT2D eigenvalue weighted by atomic mass is 10.1. The van der Waals surface area contributed by atoms with Crippen LogP contribution in [-0.2, 0) is 4.79 Å². The molecule has 0 heterocycles. The molecular weight excluding hydrogens is 237 g/mol. The van der Waals surface area contributed by atoms with Gasteiger partial charge in [0.05, 0.1) is 5.56 Å². The maximum atomic E-state index is 13.7. The molecule has 0 unspecified atom stereocenters. The predicted octanol–water partition coefficient (Wildman–Crippen LogP) is 2.07. The van der Waals surface area contributed by atoms with Gasteiger partial charge in [-0.15, -0.1) is 0 Å². The zero-order valence-electron chi connectivity index (χ0n) is 10.6. The van der Waals surface area contributed by atoms with Crippen molar-refractivity contribution >= 4 is 11.9 Å². The summed E-state index contributed by atoms with van der Waals surface area (Å²) in [5, 5.41) is 8.75. The third kappa shape index (κ3) is 3.29. The number of nitrogens with zero attached hydrogens (tertiary/aromatic N) is 1. The van der Waals surface area contributed by atoms with Crippen LogP contribution < -0.4 is 0 Å². The highest BCUT2D eigenvalue weighted by Gasteiger charge is 2.23. The van der Waals surface area contributed by atoms with E-state index in [1.807, 2.05) is 0 Å². The van der Waals surface area contributed by atoms with Crippen LogP contribution in [0.2, 0.25) is 0 Å². The van der Waals surface area contributed by atoms with Crippen molar-refractivity contribution in [1.29, 1.82) is 0 Å². The van der Waals surface area contributed by atoms with Crippen molar-refractivity contribution < 1.29 is 19.1 Å². The van der Waals surface area contributed by atoms with Crippen molar-refractivity contribution in [2.45, 2.75) is 26.8 Å². The lowest BCUT2D eigenvalue weighted by molar-refractivity contribution is -0.138. The predicted molar refractivity (Wildman–Crippen MR) is 64.9 cm³/mol. The number of amides is 1. The van der Waals surface area contributed by atoms with Gasteiger partial charge in [0.2, 0.25) is 0 Å². The average Bonchev–Trinajstić information content (AvgIpc) is 2.24. The molecule has 5 heteroatoms. The van der Waals surface area contributed by atoms with E-state index in [0.717, 1.165) is 4.90 Å². The first-order valence-corrected chi connectivity index (χ1v) is 5.62. The number of carboxylic acids is 1. The largest absolute Gasteiger partial charge is 0.480 e. The summed E-state index contributed by atoms with van der Waals surface area (Å²) in [5.74, 6) is -2.36. The first-order valence-electron chi connectivity index (χ1n) is 5.62. The zero-order valence-corrected chi connectivity index (χ0v) is 10.6. The molecule has 0 saturated carbocycles. The van der Waals surface area contributed by atoms with Crippen LogP contribution in [0.25, 0.3) is 0 Å². The molecule has 0 spiro atoms. The van der Waals surface area contributed by atoms with E-state index in [1.54, 1.807) is 26.8 Å². The summed E-state index contributed by atoms with van der Waals surface area (Å²) in [4.78, 5) is 23.9. The number of aliphatic carboxylic acids is 1. The molecule has 1 amide bonds. The van der Waals surface area contributed by atoms with Crippen LogP contribution in [0, 0.1) is 12.7 Å². The first-order chi connectivity index (χ1) is 8.32. The highest BCUT2D eigenvalue weighted by atomic mass is 19.1. The van der Waals surface area contributed by atoms with E-state index in [9.17, 15) is 14.0 Å². The molecule has 0 fully saturated rings. The second kappa shape index (κ2) is 5.62. The van der Waals surface area contributed by atoms with Gasteiger partial charge in [0.15, 0.2) is 0 Å². The Balaban J connectivity index is 3.05. The maximum Gasteiger partial charge on any atom is 0.323 e. The minimum absolute atomic E-state index is 0.101. The van der Waals surface area contributed by atoms with Gasteiger partial charge < -0.3 is 10.0 Å². The van der Waals surface area contributed by atoms with Gasteiger partial charge in [-0.2, -0.15) is 0 Å². The number of halogens is 1. The smallest absolute Gasteiger partial charge is 0.323 e. The summed E-state index contributed by atoms with van der Waals surface area (Å²) in [6.07, 6.45) is 0. The Morgan fingerprint density at radius 1 is 1.39 bits per heavy atom. The van der Waals surface area contributed by atoms with E-state index < -0.39 is 24.2 Å². The van der Waals surface area contributed by atoms with Gasteiger partial charge in [-0.1, -0.05) is 6.07 Å². The van der Waals surface area contributed by atoms with Crippen LogP contribution in [0.15, 0.2) is 18.2 Å². The van der Waals surface area contributed by atoms with Crippen LogP contribution >= 0.6 is 0 Å². The normalized spacial score (nSPS) is 10.5. The van der Waals surface area contributed by atoms with Crippen molar-refractivity contribution in [3.63, 3.8) is 0 Å². The number of hydrogen-bond acceptors (Lipinski definition) is 2. The molecule has 98 valence electrons. The lowest BCUT2D eigenvalue weighted by Gasteiger charge is -2.25. The molecular formula is C13H16FNO3. The molecule has 18 heavy (non-hydrogen) atoms. The number of carbonyl (C=O) groups excluding carboxylic acids is 1. The molecule has 0 radical (unpaired) electrons. The summed E-state index contributed by atoms with van der Waals surface area (Å²) in [6, 6.07) is 3.95. The summed E-state index contributed by atoms with van der Waals surface area (Å²) in [6.45, 7) is 4.65. The van der Waals surface area contributed by atoms with Crippen molar-refractivity contribution in [2.24, 2.45) is 0 Å². The molecule has 0 bridgehead atoms. The molecule has 0 aromatic heterocycles. The van der Waals surface area contributed by atoms with Crippen molar-refractivity contribution in [1.82, 2.24) is 4.90 Å². The second-order valence-electron chi connectivity index (χ2n) is 4.40. The van der Waals surface area contributed by atoms with Crippen molar-refractivity contribution in [2.75, 3.05) is 6.54 Å². The van der Waals surface area contributed by atoms with Crippen molar-refractivity contribution in [3.8, 4) is 0 Å². The highest BCUT2D eigenvalue weighted by Crippen LogP contribution is 2.14. The van der Waals surface area contributed by atoms with E-state index in [1.165, 1.54) is 12.1 Å². The van der Waals surface area contributed by atoms with Gasteiger partial charge in [-0.25, -0.2) is 4.39 Å². The average molecular weight is 253 g/mol. The fourth-order valence-electron chi connectivity index (χ4n) is 1.58. The minimum atomic E-state index is -1.12. The highest BCUT2D eigenvalue weighted by molar-refractivity contribution is 5.96. The SMILES string of the molecule is Cc1ccc(C(=O)N(CC(=O)O)C(C)C)c(F)c1. The maximum absolute atomic E-state index is 13.7. The summed E-state index contributed by atoms with van der Waals surface area (Å²) < 4.78 is 13.7. The second-order valence-corrected chi connectivity index (χ2v) is 4.40. The van der Waals surface area contributed by atoms with Crippen LogP contribution in [0.1, 0.15) is 29.8 Å². The first kappa shape index (κ1) is 14.2. The Labute approximate surface area is 105 Å². The molecule has 1 aromatic carbocycles. The Kier molecular flexibility index (Phi) is 4.42. The molecule has 1 rings (SSSR count). The van der Waals surface area contributed by atoms with Crippen LogP contribution in [0.5, 0.6) is 0 Å². The Bertz CT molecular complexity index is 471. The Hall–Kier alpha value is -1.91. The third-order valence-electron chi connectivity index (χ3n) is 2.54. The Morgan fingerprint density at radius 2 is 2.00 bits per heavy atom. The monoisotopic (exact) mass is 253 g/mol. The van der Waals surface area contributed by atoms with E-state index in [0.29, 0.717) is 5.56 Å². The molecule has 1 aromatic rings. The van der Waals surface area contributed by atoms with E-state index in [4.69, 9.17) is 5.11 Å². The molecule has 0 aliphatic rings. The molecule has 1 N–H and O–H groups in total. The van der Waals surface area contributed by atoms with Gasteiger partial charge in [-0.05, 0) is 38.5 Å². The fourth-order valence-corrected chi connectivity index (χ4v) is 1.58. The topological polar surface area (TPSA) is 57.6 Å². The Morgan fingerprint density at radius 3 is 2.44 bits per heavy atom. The van der Waals surface area contributed by atoms with Crippen LogP contribution in [0.4, 0.5) is 4.39 Å². The van der Waals surface area contributed by atoms with Gasteiger partial charge in [-0.3, -0.25) is 9.59 Å². The quantitative estimate of drug-likeness (QED) is 0.893. The molecule has 0 aliphatic carbocycles. The van der Waals surface area contributed by atoms with E-state index in [-0.39, 0.29) is 11.6 Å². The third-order valence-corrected chi connectivity index (χ3v) is 2.54. The molecule has 4 nitrogen and oxygen atoms in total. The molecule has 0 atom stereocenters. The fraction of sp³-hybridized carbons (Fsp3) is 0.385. The lowest BCUT2D eigenvalue weighted by Crippen LogP contribution is -2.41. The van der Waals surface area contributed by atoms with Gasteiger partial charge >= 0.3 is 5.97 Å². The minimum Gasteiger partial charge on any atom is -0.480 e. The zero-order chi connectivity index (χ0) is 13.9. The summed E-state index contributed by atoms with van der Waals surface area (Å²) in [5.41, 5.74) is 0.605. The van der Waals surface area contributed by atoms with Crippen molar-refractivity contribution in [3.05, 3.63) is 35.1 Å². The number of rotatable bonds is 4. The van der Waals surface area contributed by atoms with Crippen LogP contribution in [-0.4, -0.2) is 34.5 Å². The number of aryl methyl sites for hydroxylation is 1. The number of hydrogen-bond donors (Lipinski definition) is 1.